The van der Waals surface area contributed by atoms with Gasteiger partial charge in [0.2, 0.25) is 11.8 Å². The number of amides is 2. The van der Waals surface area contributed by atoms with Gasteiger partial charge in [-0.05, 0) is 61.7 Å². The van der Waals surface area contributed by atoms with Crippen LogP contribution in [0.2, 0.25) is 0 Å². The van der Waals surface area contributed by atoms with Gasteiger partial charge in [-0.1, -0.05) is 22.0 Å². The number of benzene rings is 2. The first kappa shape index (κ1) is 16.6. The van der Waals surface area contributed by atoms with E-state index in [9.17, 15) is 14.0 Å². The van der Waals surface area contributed by atoms with E-state index < -0.39 is 5.41 Å². The third kappa shape index (κ3) is 3.33. The number of anilines is 2. The summed E-state index contributed by atoms with van der Waals surface area (Å²) in [5.41, 5.74) is 1.12. The highest BCUT2D eigenvalue weighted by molar-refractivity contribution is 9.10. The van der Waals surface area contributed by atoms with Gasteiger partial charge in [0.1, 0.15) is 11.2 Å². The predicted octanol–water partition coefficient (Wildman–Crippen LogP) is 4.25. The second-order valence-corrected chi connectivity index (χ2v) is 6.82. The van der Waals surface area contributed by atoms with Crippen molar-refractivity contribution in [1.82, 2.24) is 0 Å². The number of hydrogen-bond donors (Lipinski definition) is 2. The fourth-order valence-electron chi connectivity index (χ4n) is 2.39. The third-order valence-electron chi connectivity index (χ3n) is 4.15. The molecule has 2 amide bonds. The van der Waals surface area contributed by atoms with Crippen molar-refractivity contribution in [3.8, 4) is 0 Å². The van der Waals surface area contributed by atoms with Crippen molar-refractivity contribution in [2.75, 3.05) is 10.6 Å². The highest BCUT2D eigenvalue weighted by Gasteiger charge is 2.56. The van der Waals surface area contributed by atoms with Crippen molar-refractivity contribution in [2.24, 2.45) is 5.41 Å². The lowest BCUT2D eigenvalue weighted by atomic mass is 10.0. The lowest BCUT2D eigenvalue weighted by molar-refractivity contribution is -0.131. The molecule has 6 heteroatoms. The minimum atomic E-state index is -1.05. The van der Waals surface area contributed by atoms with Crippen LogP contribution in [0.15, 0.2) is 46.9 Å². The maximum absolute atomic E-state index is 12.9. The number of aryl methyl sites for hydroxylation is 1. The molecule has 0 bridgehead atoms. The van der Waals surface area contributed by atoms with Crippen LogP contribution in [0.4, 0.5) is 15.8 Å². The fraction of sp³-hybridized carbons (Fsp3) is 0.222. The van der Waals surface area contributed by atoms with E-state index in [1.165, 1.54) is 24.3 Å². The van der Waals surface area contributed by atoms with Gasteiger partial charge in [0, 0.05) is 15.8 Å². The first-order valence-electron chi connectivity index (χ1n) is 7.55. The molecule has 0 aromatic heterocycles. The summed E-state index contributed by atoms with van der Waals surface area (Å²) in [6.45, 7) is 1.95. The molecule has 4 nitrogen and oxygen atoms in total. The molecule has 3 rings (SSSR count). The van der Waals surface area contributed by atoms with E-state index in [0.717, 1.165) is 10.0 Å². The topological polar surface area (TPSA) is 58.2 Å². The molecule has 2 N–H and O–H groups in total. The molecule has 2 aromatic carbocycles. The normalized spacial score (nSPS) is 14.8. The molecule has 124 valence electrons. The smallest absolute Gasteiger partial charge is 0.240 e. The molecule has 0 atom stereocenters. The van der Waals surface area contributed by atoms with E-state index in [1.54, 1.807) is 12.1 Å². The Hall–Kier alpha value is -2.21. The van der Waals surface area contributed by atoms with Gasteiger partial charge in [-0.3, -0.25) is 9.59 Å². The van der Waals surface area contributed by atoms with Gasteiger partial charge in [-0.15, -0.1) is 0 Å². The monoisotopic (exact) mass is 390 g/mol. The Morgan fingerprint density at radius 3 is 2.08 bits per heavy atom. The molecule has 0 aliphatic heterocycles. The van der Waals surface area contributed by atoms with Gasteiger partial charge in [-0.2, -0.15) is 0 Å². The number of nitrogens with one attached hydrogen (secondary N) is 2. The van der Waals surface area contributed by atoms with E-state index in [2.05, 4.69) is 26.6 Å². The first-order chi connectivity index (χ1) is 11.4. The number of rotatable bonds is 4. The van der Waals surface area contributed by atoms with Crippen molar-refractivity contribution >= 4 is 39.1 Å². The minimum Gasteiger partial charge on any atom is -0.325 e. The van der Waals surface area contributed by atoms with Crippen molar-refractivity contribution in [2.45, 2.75) is 19.8 Å². The Labute approximate surface area is 147 Å². The summed E-state index contributed by atoms with van der Waals surface area (Å²) in [6.07, 6.45) is 0.998. The highest BCUT2D eigenvalue weighted by Crippen LogP contribution is 2.47. The summed E-state index contributed by atoms with van der Waals surface area (Å²) in [5, 5.41) is 5.48. The zero-order valence-corrected chi connectivity index (χ0v) is 14.6. The molecule has 1 aliphatic rings. The van der Waals surface area contributed by atoms with Crippen molar-refractivity contribution < 1.29 is 14.0 Å². The number of carbonyl (C=O) groups is 2. The summed E-state index contributed by atoms with van der Waals surface area (Å²) >= 11 is 3.42. The average Bonchev–Trinajstić information content (AvgIpc) is 3.35. The van der Waals surface area contributed by atoms with Crippen LogP contribution in [-0.4, -0.2) is 11.8 Å². The Bertz CT molecular complexity index is 801. The van der Waals surface area contributed by atoms with E-state index in [1.807, 2.05) is 13.0 Å². The van der Waals surface area contributed by atoms with E-state index >= 15 is 0 Å². The molecular formula is C18H16BrFN2O2. The van der Waals surface area contributed by atoms with E-state index in [4.69, 9.17) is 0 Å². The largest absolute Gasteiger partial charge is 0.325 e. The molecule has 0 saturated heterocycles. The Kier molecular flexibility index (Phi) is 4.41. The van der Waals surface area contributed by atoms with Gasteiger partial charge < -0.3 is 10.6 Å². The van der Waals surface area contributed by atoms with Crippen LogP contribution < -0.4 is 10.6 Å². The standard InChI is InChI=1S/C18H16BrFN2O2/c1-11-2-5-14(10-15(11)19)22-17(24)18(8-9-18)16(23)21-13-6-3-12(20)4-7-13/h2-7,10H,8-9H2,1H3,(H,21,23)(H,22,24). The summed E-state index contributed by atoms with van der Waals surface area (Å²) in [4.78, 5) is 25.0. The van der Waals surface area contributed by atoms with Gasteiger partial charge >= 0.3 is 0 Å². The number of halogens is 2. The van der Waals surface area contributed by atoms with Crippen LogP contribution >= 0.6 is 15.9 Å². The van der Waals surface area contributed by atoms with Crippen LogP contribution in [0, 0.1) is 18.2 Å². The summed E-state index contributed by atoms with van der Waals surface area (Å²) in [7, 11) is 0. The van der Waals surface area contributed by atoms with Crippen molar-refractivity contribution in [3.63, 3.8) is 0 Å². The van der Waals surface area contributed by atoms with Gasteiger partial charge in [0.15, 0.2) is 0 Å². The number of carbonyl (C=O) groups excluding carboxylic acids is 2. The third-order valence-corrected chi connectivity index (χ3v) is 5.01. The second kappa shape index (κ2) is 6.36. The van der Waals surface area contributed by atoms with Crippen LogP contribution in [0.3, 0.4) is 0 Å². The van der Waals surface area contributed by atoms with E-state index in [0.29, 0.717) is 24.2 Å². The van der Waals surface area contributed by atoms with Crippen LogP contribution in [0.5, 0.6) is 0 Å². The molecule has 1 aliphatic carbocycles. The molecule has 0 heterocycles. The van der Waals surface area contributed by atoms with Crippen molar-refractivity contribution in [1.29, 1.82) is 0 Å². The summed E-state index contributed by atoms with van der Waals surface area (Å²) in [5.74, 6) is -1.06. The number of hydrogen-bond acceptors (Lipinski definition) is 2. The molecule has 24 heavy (non-hydrogen) atoms. The summed E-state index contributed by atoms with van der Waals surface area (Å²) in [6, 6.07) is 11.0. The average molecular weight is 391 g/mol. The summed E-state index contributed by atoms with van der Waals surface area (Å²) < 4.78 is 13.8. The first-order valence-corrected chi connectivity index (χ1v) is 8.35. The van der Waals surface area contributed by atoms with Gasteiger partial charge in [-0.25, -0.2) is 4.39 Å². The molecule has 2 aromatic rings. The maximum Gasteiger partial charge on any atom is 0.240 e. The van der Waals surface area contributed by atoms with Crippen molar-refractivity contribution in [3.05, 3.63) is 58.3 Å². The highest BCUT2D eigenvalue weighted by atomic mass is 79.9. The Morgan fingerprint density at radius 1 is 1.00 bits per heavy atom. The fourth-order valence-corrected chi connectivity index (χ4v) is 2.77. The Morgan fingerprint density at radius 2 is 1.54 bits per heavy atom. The van der Waals surface area contributed by atoms with Gasteiger partial charge in [0.25, 0.3) is 0 Å². The van der Waals surface area contributed by atoms with Gasteiger partial charge in [0.05, 0.1) is 0 Å². The van der Waals surface area contributed by atoms with E-state index in [-0.39, 0.29) is 17.6 Å². The molecule has 1 saturated carbocycles. The molecule has 0 spiro atoms. The SMILES string of the molecule is Cc1ccc(NC(=O)C2(C(=O)Nc3ccc(F)cc3)CC2)cc1Br. The second-order valence-electron chi connectivity index (χ2n) is 5.96. The zero-order chi connectivity index (χ0) is 17.3. The maximum atomic E-state index is 12.9. The Balaban J connectivity index is 1.70. The predicted molar refractivity (Wildman–Crippen MR) is 94.2 cm³/mol. The quantitative estimate of drug-likeness (QED) is 0.766. The lowest BCUT2D eigenvalue weighted by Gasteiger charge is -2.16. The molecule has 0 radical (unpaired) electrons. The molecule has 1 fully saturated rings. The lowest BCUT2D eigenvalue weighted by Crippen LogP contribution is -2.35. The molecule has 0 unspecified atom stereocenters. The zero-order valence-electron chi connectivity index (χ0n) is 13.0. The van der Waals surface area contributed by atoms with Crippen LogP contribution in [0.25, 0.3) is 0 Å². The minimum absolute atomic E-state index is 0.321. The van der Waals surface area contributed by atoms with Crippen LogP contribution in [-0.2, 0) is 9.59 Å². The molecular weight excluding hydrogens is 375 g/mol. The van der Waals surface area contributed by atoms with Crippen LogP contribution in [0.1, 0.15) is 18.4 Å².